The fraction of sp³-hybridized carbons (Fsp3) is 0.0909. The highest BCUT2D eigenvalue weighted by atomic mass is 32.2. The first-order chi connectivity index (χ1) is 7.04. The summed E-state index contributed by atoms with van der Waals surface area (Å²) in [5.74, 6) is -0.113. The fourth-order valence-electron chi connectivity index (χ4n) is 1.56. The summed E-state index contributed by atoms with van der Waals surface area (Å²) in [4.78, 5) is 0. The van der Waals surface area contributed by atoms with Gasteiger partial charge in [-0.05, 0) is 16.3 Å². The Labute approximate surface area is 88.6 Å². The summed E-state index contributed by atoms with van der Waals surface area (Å²) in [5.41, 5.74) is 0.719. The lowest BCUT2D eigenvalue weighted by atomic mass is 10.1. The zero-order valence-electron chi connectivity index (χ0n) is 8.05. The molecule has 3 nitrogen and oxygen atoms in total. The van der Waals surface area contributed by atoms with Crippen molar-refractivity contribution in [3.05, 3.63) is 48.0 Å². The van der Waals surface area contributed by atoms with E-state index in [1.54, 1.807) is 6.07 Å². The molecular formula is C11H11NO2S. The summed E-state index contributed by atoms with van der Waals surface area (Å²) in [6.45, 7) is 0. The van der Waals surface area contributed by atoms with E-state index in [2.05, 4.69) is 0 Å². The molecule has 0 amide bonds. The van der Waals surface area contributed by atoms with E-state index in [-0.39, 0.29) is 5.75 Å². The SMILES string of the molecule is NS(=O)(=O)Cc1ccc2ccccc2c1. The average molecular weight is 221 g/mol. The molecule has 0 saturated carbocycles. The van der Waals surface area contributed by atoms with E-state index in [9.17, 15) is 8.42 Å². The monoisotopic (exact) mass is 221 g/mol. The Morgan fingerprint density at radius 1 is 1.00 bits per heavy atom. The lowest BCUT2D eigenvalue weighted by Gasteiger charge is -2.01. The van der Waals surface area contributed by atoms with Gasteiger partial charge in [0.05, 0.1) is 5.75 Å². The number of hydrogen-bond acceptors (Lipinski definition) is 2. The fourth-order valence-corrected chi connectivity index (χ4v) is 2.21. The van der Waals surface area contributed by atoms with Crippen molar-refractivity contribution in [2.24, 2.45) is 5.14 Å². The largest absolute Gasteiger partial charge is 0.228 e. The van der Waals surface area contributed by atoms with Gasteiger partial charge in [-0.2, -0.15) is 0 Å². The van der Waals surface area contributed by atoms with Gasteiger partial charge in [0.1, 0.15) is 0 Å². The van der Waals surface area contributed by atoms with E-state index in [4.69, 9.17) is 5.14 Å². The molecule has 2 aromatic rings. The zero-order valence-corrected chi connectivity index (χ0v) is 8.87. The Balaban J connectivity index is 2.48. The topological polar surface area (TPSA) is 60.2 Å². The predicted octanol–water partition coefficient (Wildman–Crippen LogP) is 1.63. The number of sulfonamides is 1. The van der Waals surface area contributed by atoms with Crippen LogP contribution in [0.1, 0.15) is 5.56 Å². The van der Waals surface area contributed by atoms with E-state index in [1.165, 1.54) is 0 Å². The molecule has 78 valence electrons. The van der Waals surface area contributed by atoms with Crippen molar-refractivity contribution >= 4 is 20.8 Å². The van der Waals surface area contributed by atoms with Crippen LogP contribution in [0.4, 0.5) is 0 Å². The van der Waals surface area contributed by atoms with Crippen molar-refractivity contribution < 1.29 is 8.42 Å². The maximum absolute atomic E-state index is 10.9. The quantitative estimate of drug-likeness (QED) is 0.837. The second kappa shape index (κ2) is 3.64. The van der Waals surface area contributed by atoms with Crippen molar-refractivity contribution in [2.45, 2.75) is 5.75 Å². The Kier molecular flexibility index (Phi) is 2.46. The van der Waals surface area contributed by atoms with Crippen molar-refractivity contribution in [1.29, 1.82) is 0 Å². The summed E-state index contributed by atoms with van der Waals surface area (Å²) in [6.07, 6.45) is 0. The number of nitrogens with two attached hydrogens (primary N) is 1. The van der Waals surface area contributed by atoms with Crippen molar-refractivity contribution in [1.82, 2.24) is 0 Å². The Bertz CT molecular complexity index is 590. The third-order valence-corrected chi connectivity index (χ3v) is 2.92. The van der Waals surface area contributed by atoms with E-state index >= 15 is 0 Å². The van der Waals surface area contributed by atoms with Crippen LogP contribution < -0.4 is 5.14 Å². The third kappa shape index (κ3) is 2.55. The van der Waals surface area contributed by atoms with E-state index in [1.807, 2.05) is 36.4 Å². The van der Waals surface area contributed by atoms with Gasteiger partial charge < -0.3 is 0 Å². The Hall–Kier alpha value is -1.39. The Morgan fingerprint density at radius 2 is 1.67 bits per heavy atom. The average Bonchev–Trinajstić information content (AvgIpc) is 2.15. The maximum Gasteiger partial charge on any atom is 0.213 e. The van der Waals surface area contributed by atoms with Crippen LogP contribution in [0.2, 0.25) is 0 Å². The zero-order chi connectivity index (χ0) is 10.9. The molecule has 0 aliphatic carbocycles. The van der Waals surface area contributed by atoms with Gasteiger partial charge in [-0.3, -0.25) is 0 Å². The number of rotatable bonds is 2. The van der Waals surface area contributed by atoms with Crippen molar-refractivity contribution in [3.63, 3.8) is 0 Å². The molecule has 0 aliphatic rings. The van der Waals surface area contributed by atoms with Crippen LogP contribution in [-0.4, -0.2) is 8.42 Å². The number of hydrogen-bond donors (Lipinski definition) is 1. The second-order valence-electron chi connectivity index (χ2n) is 3.49. The Morgan fingerprint density at radius 3 is 2.33 bits per heavy atom. The normalized spacial score (nSPS) is 11.8. The maximum atomic E-state index is 10.9. The highest BCUT2D eigenvalue weighted by Crippen LogP contribution is 2.16. The number of benzene rings is 2. The molecule has 2 N–H and O–H groups in total. The number of primary sulfonamides is 1. The first-order valence-electron chi connectivity index (χ1n) is 4.53. The highest BCUT2D eigenvalue weighted by molar-refractivity contribution is 7.88. The molecule has 0 unspecified atom stereocenters. The van der Waals surface area contributed by atoms with Gasteiger partial charge in [0.2, 0.25) is 10.0 Å². The van der Waals surface area contributed by atoms with Crippen LogP contribution in [-0.2, 0) is 15.8 Å². The number of fused-ring (bicyclic) bond motifs is 1. The summed E-state index contributed by atoms with van der Waals surface area (Å²) < 4.78 is 21.8. The molecule has 4 heteroatoms. The van der Waals surface area contributed by atoms with Gasteiger partial charge in [0.25, 0.3) is 0 Å². The minimum absolute atomic E-state index is 0.113. The molecule has 0 radical (unpaired) electrons. The lowest BCUT2D eigenvalue weighted by molar-refractivity contribution is 0.597. The van der Waals surface area contributed by atoms with Crippen LogP contribution >= 0.6 is 0 Å². The van der Waals surface area contributed by atoms with Gasteiger partial charge in [-0.25, -0.2) is 13.6 Å². The molecular weight excluding hydrogens is 210 g/mol. The van der Waals surface area contributed by atoms with Gasteiger partial charge in [0, 0.05) is 0 Å². The lowest BCUT2D eigenvalue weighted by Crippen LogP contribution is -2.14. The first kappa shape index (κ1) is 10.1. The summed E-state index contributed by atoms with van der Waals surface area (Å²) >= 11 is 0. The molecule has 0 heterocycles. The molecule has 0 atom stereocenters. The second-order valence-corrected chi connectivity index (χ2v) is 5.10. The first-order valence-corrected chi connectivity index (χ1v) is 6.24. The van der Waals surface area contributed by atoms with Crippen LogP contribution in [0.25, 0.3) is 10.8 Å². The van der Waals surface area contributed by atoms with Crippen LogP contribution in [0.3, 0.4) is 0 Å². The molecule has 2 rings (SSSR count). The van der Waals surface area contributed by atoms with Gasteiger partial charge in [-0.1, -0.05) is 42.5 Å². The summed E-state index contributed by atoms with van der Waals surface area (Å²) in [5, 5.41) is 7.10. The molecule has 0 saturated heterocycles. The van der Waals surface area contributed by atoms with Crippen LogP contribution in [0, 0.1) is 0 Å². The minimum atomic E-state index is -3.45. The molecule has 15 heavy (non-hydrogen) atoms. The molecule has 2 aromatic carbocycles. The van der Waals surface area contributed by atoms with Crippen LogP contribution in [0.15, 0.2) is 42.5 Å². The molecule has 0 bridgehead atoms. The molecule has 0 aliphatic heterocycles. The van der Waals surface area contributed by atoms with Crippen LogP contribution in [0.5, 0.6) is 0 Å². The molecule has 0 fully saturated rings. The summed E-state index contributed by atoms with van der Waals surface area (Å²) in [6, 6.07) is 13.3. The van der Waals surface area contributed by atoms with Gasteiger partial charge in [-0.15, -0.1) is 0 Å². The molecule has 0 spiro atoms. The van der Waals surface area contributed by atoms with E-state index < -0.39 is 10.0 Å². The molecule has 0 aromatic heterocycles. The standard InChI is InChI=1S/C11H11NO2S/c12-15(13,14)8-9-5-6-10-3-1-2-4-11(10)7-9/h1-7H,8H2,(H2,12,13,14). The summed E-state index contributed by atoms with van der Waals surface area (Å²) in [7, 11) is -3.45. The third-order valence-electron chi connectivity index (χ3n) is 2.18. The van der Waals surface area contributed by atoms with Gasteiger partial charge in [0.15, 0.2) is 0 Å². The smallest absolute Gasteiger partial charge is 0.213 e. The van der Waals surface area contributed by atoms with E-state index in [0.29, 0.717) is 0 Å². The predicted molar refractivity (Wildman–Crippen MR) is 60.8 cm³/mol. The van der Waals surface area contributed by atoms with Crippen molar-refractivity contribution in [2.75, 3.05) is 0 Å². The highest BCUT2D eigenvalue weighted by Gasteiger charge is 2.04. The van der Waals surface area contributed by atoms with E-state index in [0.717, 1.165) is 16.3 Å². The van der Waals surface area contributed by atoms with Crippen molar-refractivity contribution in [3.8, 4) is 0 Å². The minimum Gasteiger partial charge on any atom is -0.228 e. The van der Waals surface area contributed by atoms with Gasteiger partial charge >= 0.3 is 0 Å².